The molecular formula is C20H13N3O4. The number of rotatable bonds is 3. The number of fused-ring (bicyclic) bond motifs is 1. The van der Waals surface area contributed by atoms with E-state index in [1.165, 1.54) is 12.4 Å². The molecule has 0 aliphatic rings. The third kappa shape index (κ3) is 3.02. The van der Waals surface area contributed by atoms with Crippen LogP contribution < -0.4 is 0 Å². The molecule has 0 bridgehead atoms. The molecule has 2 heterocycles. The van der Waals surface area contributed by atoms with Crippen LogP contribution in [-0.4, -0.2) is 36.1 Å². The van der Waals surface area contributed by atoms with E-state index >= 15 is 0 Å². The van der Waals surface area contributed by atoms with Crippen molar-refractivity contribution in [1.29, 1.82) is 0 Å². The van der Waals surface area contributed by atoms with Gasteiger partial charge in [-0.25, -0.2) is 4.98 Å². The van der Waals surface area contributed by atoms with E-state index in [1.807, 2.05) is 30.3 Å². The number of benzene rings is 2. The lowest BCUT2D eigenvalue weighted by Gasteiger charge is -2.07. The Bertz CT molecular complexity index is 1170. The molecule has 0 radical (unpaired) electrons. The largest absolute Gasteiger partial charge is 0.504 e. The number of nitrogens with zero attached hydrogens (tertiary/aromatic N) is 3. The van der Waals surface area contributed by atoms with Gasteiger partial charge in [-0.05, 0) is 24.3 Å². The Morgan fingerprint density at radius 3 is 2.41 bits per heavy atom. The van der Waals surface area contributed by atoms with Crippen molar-refractivity contribution in [3.05, 3.63) is 72.3 Å². The average molecular weight is 359 g/mol. The third-order valence-corrected chi connectivity index (χ3v) is 4.09. The molecule has 4 aromatic rings. The predicted octanol–water partition coefficient (Wildman–Crippen LogP) is 3.04. The number of hydrogen-bond acceptors (Lipinski definition) is 7. The summed E-state index contributed by atoms with van der Waals surface area (Å²) in [5.41, 5.74) is 2.02. The Kier molecular flexibility index (Phi) is 3.89. The van der Waals surface area contributed by atoms with Crippen molar-refractivity contribution in [2.24, 2.45) is 0 Å². The summed E-state index contributed by atoms with van der Waals surface area (Å²) < 4.78 is 0. The van der Waals surface area contributed by atoms with Crippen LogP contribution in [0.15, 0.2) is 61.1 Å². The van der Waals surface area contributed by atoms with Crippen LogP contribution in [0.1, 0.15) is 16.1 Å². The van der Waals surface area contributed by atoms with Crippen molar-refractivity contribution in [2.75, 3.05) is 0 Å². The molecule has 2 aromatic carbocycles. The van der Waals surface area contributed by atoms with Crippen LogP contribution in [-0.2, 0) is 0 Å². The summed E-state index contributed by atoms with van der Waals surface area (Å²) in [6.45, 7) is 0. The fraction of sp³-hybridized carbons (Fsp3) is 0. The number of phenolic OH excluding ortho intramolecular Hbond substituents is 3. The van der Waals surface area contributed by atoms with Gasteiger partial charge in [0, 0.05) is 22.7 Å². The van der Waals surface area contributed by atoms with E-state index in [2.05, 4.69) is 15.0 Å². The Labute approximate surface area is 153 Å². The number of hydrogen-bond donors (Lipinski definition) is 3. The lowest BCUT2D eigenvalue weighted by molar-refractivity contribution is 0.103. The van der Waals surface area contributed by atoms with Gasteiger partial charge in [0.15, 0.2) is 17.2 Å². The second-order valence-corrected chi connectivity index (χ2v) is 5.90. The molecule has 0 aliphatic heterocycles. The number of carbonyl (C=O) groups is 1. The number of ketones is 1. The van der Waals surface area contributed by atoms with Gasteiger partial charge in [0.05, 0.1) is 23.6 Å². The molecule has 0 unspecified atom stereocenters. The molecule has 0 amide bonds. The molecule has 7 heteroatoms. The normalized spacial score (nSPS) is 10.8. The SMILES string of the molecule is O=C(c1cc(O)c(O)c(O)c1)c1cncc(-c2cnc3ccccc3c2)n1. The molecule has 0 saturated carbocycles. The van der Waals surface area contributed by atoms with E-state index in [-0.39, 0.29) is 11.3 Å². The fourth-order valence-corrected chi connectivity index (χ4v) is 2.71. The number of para-hydroxylation sites is 1. The summed E-state index contributed by atoms with van der Waals surface area (Å²) in [6.07, 6.45) is 4.47. The third-order valence-electron chi connectivity index (χ3n) is 4.09. The lowest BCUT2D eigenvalue weighted by Crippen LogP contribution is -2.05. The highest BCUT2D eigenvalue weighted by atomic mass is 16.3. The van der Waals surface area contributed by atoms with E-state index in [4.69, 9.17) is 0 Å². The minimum atomic E-state index is -0.686. The van der Waals surface area contributed by atoms with Gasteiger partial charge in [-0.15, -0.1) is 0 Å². The van der Waals surface area contributed by atoms with Crippen molar-refractivity contribution >= 4 is 16.7 Å². The number of aromatic nitrogens is 3. The van der Waals surface area contributed by atoms with E-state index in [0.29, 0.717) is 11.3 Å². The molecule has 7 nitrogen and oxygen atoms in total. The van der Waals surface area contributed by atoms with Crippen LogP contribution in [0, 0.1) is 0 Å². The smallest absolute Gasteiger partial charge is 0.213 e. The number of pyridine rings is 1. The Morgan fingerprint density at radius 2 is 1.63 bits per heavy atom. The van der Waals surface area contributed by atoms with Crippen LogP contribution in [0.25, 0.3) is 22.2 Å². The van der Waals surface area contributed by atoms with E-state index in [1.54, 1.807) is 6.20 Å². The lowest BCUT2D eigenvalue weighted by atomic mass is 10.1. The van der Waals surface area contributed by atoms with Gasteiger partial charge in [0.2, 0.25) is 5.78 Å². The monoisotopic (exact) mass is 359 g/mol. The number of phenols is 3. The summed E-state index contributed by atoms with van der Waals surface area (Å²) in [4.78, 5) is 25.4. The highest BCUT2D eigenvalue weighted by Crippen LogP contribution is 2.35. The molecule has 0 spiro atoms. The van der Waals surface area contributed by atoms with Crippen molar-refractivity contribution in [3.8, 4) is 28.5 Å². The summed E-state index contributed by atoms with van der Waals surface area (Å²) in [5, 5.41) is 29.6. The molecule has 0 aliphatic carbocycles. The van der Waals surface area contributed by atoms with Crippen molar-refractivity contribution < 1.29 is 20.1 Å². The fourth-order valence-electron chi connectivity index (χ4n) is 2.71. The molecule has 0 fully saturated rings. The Morgan fingerprint density at radius 1 is 0.889 bits per heavy atom. The van der Waals surface area contributed by atoms with Crippen molar-refractivity contribution in [3.63, 3.8) is 0 Å². The minimum Gasteiger partial charge on any atom is -0.504 e. The molecule has 0 saturated heterocycles. The van der Waals surface area contributed by atoms with Gasteiger partial charge < -0.3 is 15.3 Å². The van der Waals surface area contributed by atoms with Gasteiger partial charge in [-0.2, -0.15) is 0 Å². The van der Waals surface area contributed by atoms with Crippen molar-refractivity contribution in [2.45, 2.75) is 0 Å². The maximum Gasteiger partial charge on any atom is 0.213 e. The first-order chi connectivity index (χ1) is 13.0. The van der Waals surface area contributed by atoms with E-state index in [9.17, 15) is 20.1 Å². The highest BCUT2D eigenvalue weighted by molar-refractivity contribution is 6.08. The predicted molar refractivity (Wildman–Crippen MR) is 97.6 cm³/mol. The molecular weight excluding hydrogens is 346 g/mol. The molecule has 2 aromatic heterocycles. The van der Waals surface area contributed by atoms with Gasteiger partial charge in [-0.3, -0.25) is 14.8 Å². The maximum absolute atomic E-state index is 12.6. The molecule has 0 atom stereocenters. The summed E-state index contributed by atoms with van der Waals surface area (Å²) in [6, 6.07) is 11.6. The second kappa shape index (κ2) is 6.38. The zero-order chi connectivity index (χ0) is 19.0. The Hall–Kier alpha value is -4.00. The minimum absolute atomic E-state index is 0.0223. The summed E-state index contributed by atoms with van der Waals surface area (Å²) in [5.74, 6) is -2.43. The van der Waals surface area contributed by atoms with Crippen LogP contribution >= 0.6 is 0 Å². The molecule has 27 heavy (non-hydrogen) atoms. The Balaban J connectivity index is 1.74. The summed E-state index contributed by atoms with van der Waals surface area (Å²) in [7, 11) is 0. The zero-order valence-electron chi connectivity index (χ0n) is 13.9. The zero-order valence-corrected chi connectivity index (χ0v) is 13.9. The summed E-state index contributed by atoms with van der Waals surface area (Å²) >= 11 is 0. The molecule has 4 rings (SSSR count). The first-order valence-corrected chi connectivity index (χ1v) is 8.00. The maximum atomic E-state index is 12.6. The van der Waals surface area contributed by atoms with Crippen molar-refractivity contribution in [1.82, 2.24) is 15.0 Å². The topological polar surface area (TPSA) is 116 Å². The van der Waals surface area contributed by atoms with E-state index < -0.39 is 23.0 Å². The van der Waals surface area contributed by atoms with Gasteiger partial charge >= 0.3 is 0 Å². The number of carbonyl (C=O) groups excluding carboxylic acids is 1. The highest BCUT2D eigenvalue weighted by Gasteiger charge is 2.17. The molecule has 132 valence electrons. The first-order valence-electron chi connectivity index (χ1n) is 8.00. The van der Waals surface area contributed by atoms with Gasteiger partial charge in [0.1, 0.15) is 5.69 Å². The van der Waals surface area contributed by atoms with Crippen LogP contribution in [0.2, 0.25) is 0 Å². The van der Waals surface area contributed by atoms with E-state index in [0.717, 1.165) is 23.0 Å². The number of aromatic hydroxyl groups is 3. The van der Waals surface area contributed by atoms with Crippen LogP contribution in [0.3, 0.4) is 0 Å². The standard InChI is InChI=1S/C20H13N3O4/c24-17-6-12(7-18(25)20(17)27)19(26)16-10-21-9-15(23-16)13-5-11-3-1-2-4-14(11)22-8-13/h1-10,24-25,27H. The van der Waals surface area contributed by atoms with Crippen LogP contribution in [0.4, 0.5) is 0 Å². The quantitative estimate of drug-likeness (QED) is 0.380. The second-order valence-electron chi connectivity index (χ2n) is 5.90. The molecule has 3 N–H and O–H groups in total. The van der Waals surface area contributed by atoms with Crippen LogP contribution in [0.5, 0.6) is 17.2 Å². The first kappa shape index (κ1) is 16.5. The van der Waals surface area contributed by atoms with Gasteiger partial charge in [0.25, 0.3) is 0 Å². The van der Waals surface area contributed by atoms with Gasteiger partial charge in [-0.1, -0.05) is 18.2 Å². The average Bonchev–Trinajstić information content (AvgIpc) is 2.70.